The number of rotatable bonds is 3. The lowest BCUT2D eigenvalue weighted by Crippen LogP contribution is -1.98. The first-order valence-corrected chi connectivity index (χ1v) is 6.08. The van der Waals surface area contributed by atoms with Gasteiger partial charge < -0.3 is 5.73 Å². The molecule has 17 heavy (non-hydrogen) atoms. The normalized spacial score (nSPS) is 10.5. The lowest BCUT2D eigenvalue weighted by molar-refractivity contribution is 0.624. The zero-order valence-electron chi connectivity index (χ0n) is 9.16. The number of hydrogen-bond acceptors (Lipinski definition) is 2. The van der Waals surface area contributed by atoms with Crippen LogP contribution in [0.25, 0.3) is 0 Å². The highest BCUT2D eigenvalue weighted by molar-refractivity contribution is 9.10. The molecular weight excluding hydrogens is 283 g/mol. The van der Waals surface area contributed by atoms with Crippen LogP contribution in [0.4, 0.5) is 10.1 Å². The molecular formula is C13H12BrFN2. The van der Waals surface area contributed by atoms with Crippen molar-refractivity contribution < 1.29 is 4.39 Å². The number of halogens is 2. The number of hydrogen-bond donors (Lipinski definition) is 1. The Kier molecular flexibility index (Phi) is 3.74. The fraction of sp³-hybridized carbons (Fsp3) is 0.154. The molecule has 0 bridgehead atoms. The Hall–Kier alpha value is -1.42. The molecule has 1 aromatic carbocycles. The average Bonchev–Trinajstić information content (AvgIpc) is 2.32. The van der Waals surface area contributed by atoms with E-state index in [1.54, 1.807) is 24.5 Å². The first-order valence-electron chi connectivity index (χ1n) is 5.29. The predicted octanol–water partition coefficient (Wildman–Crippen LogP) is 3.35. The van der Waals surface area contributed by atoms with Gasteiger partial charge in [-0.15, -0.1) is 0 Å². The van der Waals surface area contributed by atoms with Crippen LogP contribution in [0.2, 0.25) is 0 Å². The van der Waals surface area contributed by atoms with Crippen molar-refractivity contribution in [3.8, 4) is 0 Å². The van der Waals surface area contributed by atoms with Crippen molar-refractivity contribution in [1.82, 2.24) is 4.98 Å². The maximum atomic E-state index is 13.1. The minimum Gasteiger partial charge on any atom is -0.398 e. The summed E-state index contributed by atoms with van der Waals surface area (Å²) in [5.41, 5.74) is 8.48. The molecule has 0 radical (unpaired) electrons. The highest BCUT2D eigenvalue weighted by Gasteiger charge is 2.04. The van der Waals surface area contributed by atoms with Crippen LogP contribution in [0, 0.1) is 5.82 Å². The van der Waals surface area contributed by atoms with E-state index in [0.717, 1.165) is 34.1 Å². The van der Waals surface area contributed by atoms with Crippen LogP contribution in [0.15, 0.2) is 41.1 Å². The van der Waals surface area contributed by atoms with Crippen molar-refractivity contribution in [3.05, 3.63) is 58.1 Å². The molecule has 0 aliphatic heterocycles. The fourth-order valence-electron chi connectivity index (χ4n) is 1.65. The molecule has 4 heteroatoms. The van der Waals surface area contributed by atoms with Gasteiger partial charge in [0, 0.05) is 22.6 Å². The minimum atomic E-state index is -0.220. The molecule has 0 fully saturated rings. The average molecular weight is 295 g/mol. The lowest BCUT2D eigenvalue weighted by Gasteiger charge is -2.06. The summed E-state index contributed by atoms with van der Waals surface area (Å²) in [6.07, 6.45) is 4.90. The van der Waals surface area contributed by atoms with Gasteiger partial charge in [0.2, 0.25) is 0 Å². The summed E-state index contributed by atoms with van der Waals surface area (Å²) >= 11 is 3.41. The molecule has 0 aliphatic carbocycles. The Morgan fingerprint density at radius 2 is 1.94 bits per heavy atom. The van der Waals surface area contributed by atoms with E-state index < -0.39 is 0 Å². The van der Waals surface area contributed by atoms with Crippen LogP contribution in [0.1, 0.15) is 11.1 Å². The third-order valence-corrected chi connectivity index (χ3v) is 3.39. The molecule has 0 saturated carbocycles. The zero-order valence-corrected chi connectivity index (χ0v) is 10.7. The standard InChI is InChI=1S/C13H12BrFN2/c14-12-4-3-11(15)7-9(12)1-2-10-8-17-6-5-13(10)16/h3-8H,1-2H2,(H2,16,17). The fourth-order valence-corrected chi connectivity index (χ4v) is 2.10. The first kappa shape index (κ1) is 12.0. The van der Waals surface area contributed by atoms with E-state index in [4.69, 9.17) is 5.73 Å². The first-order chi connectivity index (χ1) is 8.16. The number of nitrogens with zero attached hydrogens (tertiary/aromatic N) is 1. The van der Waals surface area contributed by atoms with E-state index >= 15 is 0 Å². The van der Waals surface area contributed by atoms with Gasteiger partial charge in [-0.05, 0) is 48.2 Å². The van der Waals surface area contributed by atoms with Gasteiger partial charge >= 0.3 is 0 Å². The summed E-state index contributed by atoms with van der Waals surface area (Å²) in [6.45, 7) is 0. The number of aryl methyl sites for hydroxylation is 2. The summed E-state index contributed by atoms with van der Waals surface area (Å²) < 4.78 is 14.0. The van der Waals surface area contributed by atoms with Crippen LogP contribution in [-0.4, -0.2) is 4.98 Å². The van der Waals surface area contributed by atoms with Crippen LogP contribution in [-0.2, 0) is 12.8 Å². The second kappa shape index (κ2) is 5.27. The van der Waals surface area contributed by atoms with Gasteiger partial charge in [-0.2, -0.15) is 0 Å². The molecule has 2 aromatic rings. The monoisotopic (exact) mass is 294 g/mol. The Labute approximate surface area is 108 Å². The van der Waals surface area contributed by atoms with Crippen LogP contribution < -0.4 is 5.73 Å². The molecule has 0 aliphatic rings. The maximum Gasteiger partial charge on any atom is 0.123 e. The zero-order chi connectivity index (χ0) is 12.3. The van der Waals surface area contributed by atoms with Crippen molar-refractivity contribution in [1.29, 1.82) is 0 Å². The van der Waals surface area contributed by atoms with Crippen LogP contribution >= 0.6 is 15.9 Å². The number of benzene rings is 1. The minimum absolute atomic E-state index is 0.220. The Bertz CT molecular complexity index is 529. The van der Waals surface area contributed by atoms with Crippen LogP contribution in [0.5, 0.6) is 0 Å². The van der Waals surface area contributed by atoms with Crippen molar-refractivity contribution in [2.75, 3.05) is 5.73 Å². The van der Waals surface area contributed by atoms with E-state index in [1.807, 2.05) is 0 Å². The number of aromatic nitrogens is 1. The molecule has 1 aromatic heterocycles. The summed E-state index contributed by atoms with van der Waals surface area (Å²) in [4.78, 5) is 4.03. The smallest absolute Gasteiger partial charge is 0.123 e. The predicted molar refractivity (Wildman–Crippen MR) is 70.2 cm³/mol. The third kappa shape index (κ3) is 3.03. The lowest BCUT2D eigenvalue weighted by atomic mass is 10.0. The second-order valence-corrected chi connectivity index (χ2v) is 4.66. The summed E-state index contributed by atoms with van der Waals surface area (Å²) in [7, 11) is 0. The number of pyridine rings is 1. The number of anilines is 1. The van der Waals surface area contributed by atoms with Crippen molar-refractivity contribution in [2.45, 2.75) is 12.8 Å². The van der Waals surface area contributed by atoms with Crippen molar-refractivity contribution in [2.24, 2.45) is 0 Å². The van der Waals surface area contributed by atoms with E-state index in [1.165, 1.54) is 12.1 Å². The van der Waals surface area contributed by atoms with E-state index in [9.17, 15) is 4.39 Å². The maximum absolute atomic E-state index is 13.1. The Morgan fingerprint density at radius 3 is 2.71 bits per heavy atom. The molecule has 0 saturated heterocycles. The van der Waals surface area contributed by atoms with Gasteiger partial charge in [0.25, 0.3) is 0 Å². The number of nitrogen functional groups attached to an aromatic ring is 1. The van der Waals surface area contributed by atoms with Crippen molar-refractivity contribution in [3.63, 3.8) is 0 Å². The highest BCUT2D eigenvalue weighted by Crippen LogP contribution is 2.20. The van der Waals surface area contributed by atoms with Gasteiger partial charge in [-0.25, -0.2) is 4.39 Å². The molecule has 2 nitrogen and oxygen atoms in total. The molecule has 0 atom stereocenters. The van der Waals surface area contributed by atoms with Crippen molar-refractivity contribution >= 4 is 21.6 Å². The molecule has 0 amide bonds. The quantitative estimate of drug-likeness (QED) is 0.943. The third-order valence-electron chi connectivity index (χ3n) is 2.61. The molecule has 0 spiro atoms. The largest absolute Gasteiger partial charge is 0.398 e. The Balaban J connectivity index is 2.12. The van der Waals surface area contributed by atoms with Gasteiger partial charge in [-0.3, -0.25) is 4.98 Å². The summed E-state index contributed by atoms with van der Waals surface area (Å²) in [5.74, 6) is -0.220. The molecule has 0 unspecified atom stereocenters. The molecule has 2 N–H and O–H groups in total. The molecule has 1 heterocycles. The molecule has 2 rings (SSSR count). The van der Waals surface area contributed by atoms with Gasteiger partial charge in [0.1, 0.15) is 5.82 Å². The second-order valence-electron chi connectivity index (χ2n) is 3.81. The topological polar surface area (TPSA) is 38.9 Å². The Morgan fingerprint density at radius 1 is 1.18 bits per heavy atom. The van der Waals surface area contributed by atoms with Gasteiger partial charge in [0.15, 0.2) is 0 Å². The molecule has 88 valence electrons. The van der Waals surface area contributed by atoms with E-state index in [-0.39, 0.29) is 5.82 Å². The van der Waals surface area contributed by atoms with Gasteiger partial charge in [-0.1, -0.05) is 15.9 Å². The summed E-state index contributed by atoms with van der Waals surface area (Å²) in [5, 5.41) is 0. The highest BCUT2D eigenvalue weighted by atomic mass is 79.9. The van der Waals surface area contributed by atoms with Gasteiger partial charge in [0.05, 0.1) is 0 Å². The summed E-state index contributed by atoms with van der Waals surface area (Å²) in [6, 6.07) is 6.47. The SMILES string of the molecule is Nc1ccncc1CCc1cc(F)ccc1Br. The number of nitrogens with two attached hydrogens (primary N) is 1. The van der Waals surface area contributed by atoms with E-state index in [0.29, 0.717) is 0 Å². The van der Waals surface area contributed by atoms with E-state index in [2.05, 4.69) is 20.9 Å². The van der Waals surface area contributed by atoms with Crippen LogP contribution in [0.3, 0.4) is 0 Å².